The van der Waals surface area contributed by atoms with Crippen LogP contribution in [0, 0.1) is 11.7 Å². The van der Waals surface area contributed by atoms with E-state index in [0.29, 0.717) is 11.8 Å². The summed E-state index contributed by atoms with van der Waals surface area (Å²) >= 11 is 0. The molecule has 0 aliphatic carbocycles. The average molecular weight is 208 g/mol. The molecule has 2 nitrogen and oxygen atoms in total. The summed E-state index contributed by atoms with van der Waals surface area (Å²) in [5, 5.41) is 1.87. The molecule has 0 aromatic heterocycles. The lowest BCUT2D eigenvalue weighted by Gasteiger charge is -2.34. The molecule has 2 rings (SSSR count). The maximum absolute atomic E-state index is 12.8. The van der Waals surface area contributed by atoms with Gasteiger partial charge in [0.05, 0.1) is 0 Å². The van der Waals surface area contributed by atoms with Crippen LogP contribution >= 0.6 is 0 Å². The number of rotatable bonds is 1. The number of hydrogen-bond donors (Lipinski definition) is 1. The van der Waals surface area contributed by atoms with E-state index in [4.69, 9.17) is 5.84 Å². The summed E-state index contributed by atoms with van der Waals surface area (Å²) in [5.74, 6) is 6.65. The van der Waals surface area contributed by atoms with Gasteiger partial charge in [-0.15, -0.1) is 0 Å². The Morgan fingerprint density at radius 3 is 2.60 bits per heavy atom. The second-order valence-corrected chi connectivity index (χ2v) is 4.42. The Kier molecular flexibility index (Phi) is 3.03. The number of nitrogens with two attached hydrogens (primary N) is 1. The largest absolute Gasteiger partial charge is 0.269 e. The first-order chi connectivity index (χ1) is 7.16. The highest BCUT2D eigenvalue weighted by atomic mass is 19.1. The van der Waals surface area contributed by atoms with Crippen molar-refractivity contribution < 1.29 is 4.39 Å². The lowest BCUT2D eigenvalue weighted by molar-refractivity contribution is 0.166. The van der Waals surface area contributed by atoms with Crippen LogP contribution in [0.4, 0.5) is 4.39 Å². The van der Waals surface area contributed by atoms with Crippen LogP contribution in [0.5, 0.6) is 0 Å². The SMILES string of the molecule is C[C@@H]1CN(N)CC[C@H]1c1ccc(F)cc1. The third-order valence-corrected chi connectivity index (χ3v) is 3.23. The third kappa shape index (κ3) is 2.36. The van der Waals surface area contributed by atoms with Crippen LogP contribution in [0.2, 0.25) is 0 Å². The van der Waals surface area contributed by atoms with Gasteiger partial charge < -0.3 is 0 Å². The Balaban J connectivity index is 2.13. The summed E-state index contributed by atoms with van der Waals surface area (Å²) in [4.78, 5) is 0. The van der Waals surface area contributed by atoms with E-state index in [9.17, 15) is 4.39 Å². The molecule has 2 N–H and O–H groups in total. The molecule has 1 aliphatic heterocycles. The fourth-order valence-electron chi connectivity index (χ4n) is 2.38. The first-order valence-electron chi connectivity index (χ1n) is 5.42. The lowest BCUT2D eigenvalue weighted by atomic mass is 9.82. The van der Waals surface area contributed by atoms with Crippen LogP contribution in [-0.2, 0) is 0 Å². The van der Waals surface area contributed by atoms with E-state index in [1.54, 1.807) is 0 Å². The Hall–Kier alpha value is -0.930. The Morgan fingerprint density at radius 2 is 2.00 bits per heavy atom. The van der Waals surface area contributed by atoms with Gasteiger partial charge in [-0.1, -0.05) is 19.1 Å². The fourth-order valence-corrected chi connectivity index (χ4v) is 2.38. The van der Waals surface area contributed by atoms with Crippen molar-refractivity contribution in [2.24, 2.45) is 11.8 Å². The Bertz CT molecular complexity index is 323. The summed E-state index contributed by atoms with van der Waals surface area (Å²) < 4.78 is 12.8. The molecule has 2 atom stereocenters. The Labute approximate surface area is 89.9 Å². The van der Waals surface area contributed by atoms with Crippen LogP contribution in [-0.4, -0.2) is 18.1 Å². The summed E-state index contributed by atoms with van der Waals surface area (Å²) in [6.07, 6.45) is 1.06. The van der Waals surface area contributed by atoms with E-state index in [1.165, 1.54) is 17.7 Å². The molecule has 0 unspecified atom stereocenters. The first kappa shape index (κ1) is 10.6. The molecule has 1 aliphatic rings. The third-order valence-electron chi connectivity index (χ3n) is 3.23. The molecule has 0 radical (unpaired) electrons. The van der Waals surface area contributed by atoms with Crippen LogP contribution < -0.4 is 5.84 Å². The highest BCUT2D eigenvalue weighted by Crippen LogP contribution is 2.31. The predicted molar refractivity (Wildman–Crippen MR) is 58.7 cm³/mol. The number of hydrazine groups is 1. The summed E-state index contributed by atoms with van der Waals surface area (Å²) in [6, 6.07) is 6.86. The molecule has 0 amide bonds. The molecule has 1 saturated heterocycles. The fraction of sp³-hybridized carbons (Fsp3) is 0.500. The van der Waals surface area contributed by atoms with E-state index < -0.39 is 0 Å². The van der Waals surface area contributed by atoms with E-state index in [2.05, 4.69) is 6.92 Å². The van der Waals surface area contributed by atoms with Gasteiger partial charge in [-0.3, -0.25) is 5.84 Å². The lowest BCUT2D eigenvalue weighted by Crippen LogP contribution is -2.42. The molecular weight excluding hydrogens is 191 g/mol. The highest BCUT2D eigenvalue weighted by Gasteiger charge is 2.25. The molecular formula is C12H17FN2. The van der Waals surface area contributed by atoms with Gasteiger partial charge in [0.1, 0.15) is 5.82 Å². The van der Waals surface area contributed by atoms with Crippen LogP contribution in [0.25, 0.3) is 0 Å². The molecule has 1 aromatic carbocycles. The van der Waals surface area contributed by atoms with Crippen molar-refractivity contribution in [1.29, 1.82) is 0 Å². The van der Waals surface area contributed by atoms with Crippen molar-refractivity contribution in [3.8, 4) is 0 Å². The Morgan fingerprint density at radius 1 is 1.33 bits per heavy atom. The van der Waals surface area contributed by atoms with Crippen molar-refractivity contribution in [2.75, 3.05) is 13.1 Å². The summed E-state index contributed by atoms with van der Waals surface area (Å²) in [7, 11) is 0. The standard InChI is InChI=1S/C12H17FN2/c1-9-8-15(14)7-6-12(9)10-2-4-11(13)5-3-10/h2-5,9,12H,6-8,14H2,1H3/t9-,12-/m1/s1. The van der Waals surface area contributed by atoms with Gasteiger partial charge in [0.25, 0.3) is 0 Å². The maximum Gasteiger partial charge on any atom is 0.123 e. The smallest absolute Gasteiger partial charge is 0.123 e. The van der Waals surface area contributed by atoms with Crippen molar-refractivity contribution in [1.82, 2.24) is 5.01 Å². The van der Waals surface area contributed by atoms with Crippen molar-refractivity contribution in [3.63, 3.8) is 0 Å². The van der Waals surface area contributed by atoms with Gasteiger partial charge in [-0.05, 0) is 36.0 Å². The summed E-state index contributed by atoms with van der Waals surface area (Å²) in [6.45, 7) is 4.04. The molecule has 0 spiro atoms. The van der Waals surface area contributed by atoms with Gasteiger partial charge in [-0.25, -0.2) is 9.40 Å². The van der Waals surface area contributed by atoms with Gasteiger partial charge in [0.2, 0.25) is 0 Å². The van der Waals surface area contributed by atoms with Crippen LogP contribution in [0.15, 0.2) is 24.3 Å². The quantitative estimate of drug-likeness (QED) is 0.716. The first-order valence-corrected chi connectivity index (χ1v) is 5.42. The number of benzene rings is 1. The monoisotopic (exact) mass is 208 g/mol. The maximum atomic E-state index is 12.8. The minimum absolute atomic E-state index is 0.164. The van der Waals surface area contributed by atoms with E-state index in [0.717, 1.165) is 19.5 Å². The molecule has 1 aromatic rings. The van der Waals surface area contributed by atoms with E-state index >= 15 is 0 Å². The van der Waals surface area contributed by atoms with Gasteiger partial charge in [-0.2, -0.15) is 0 Å². The molecule has 3 heteroatoms. The molecule has 15 heavy (non-hydrogen) atoms. The molecule has 1 heterocycles. The van der Waals surface area contributed by atoms with E-state index in [-0.39, 0.29) is 5.82 Å². The second kappa shape index (κ2) is 4.29. The number of nitrogens with zero attached hydrogens (tertiary/aromatic N) is 1. The molecule has 1 fully saturated rings. The molecule has 0 bridgehead atoms. The zero-order valence-electron chi connectivity index (χ0n) is 8.99. The average Bonchev–Trinajstić information content (AvgIpc) is 2.20. The minimum Gasteiger partial charge on any atom is -0.269 e. The topological polar surface area (TPSA) is 29.3 Å². The number of halogens is 1. The predicted octanol–water partition coefficient (Wildman–Crippen LogP) is 2.12. The number of piperidine rings is 1. The van der Waals surface area contributed by atoms with Gasteiger partial charge in [0.15, 0.2) is 0 Å². The van der Waals surface area contributed by atoms with Crippen molar-refractivity contribution in [3.05, 3.63) is 35.6 Å². The van der Waals surface area contributed by atoms with Crippen LogP contribution in [0.3, 0.4) is 0 Å². The van der Waals surface area contributed by atoms with Crippen molar-refractivity contribution in [2.45, 2.75) is 19.3 Å². The van der Waals surface area contributed by atoms with Crippen molar-refractivity contribution >= 4 is 0 Å². The minimum atomic E-state index is -0.164. The number of hydrogen-bond acceptors (Lipinski definition) is 2. The zero-order valence-corrected chi connectivity index (χ0v) is 8.99. The van der Waals surface area contributed by atoms with E-state index in [1.807, 2.05) is 17.1 Å². The van der Waals surface area contributed by atoms with Crippen LogP contribution in [0.1, 0.15) is 24.8 Å². The molecule has 82 valence electrons. The second-order valence-electron chi connectivity index (χ2n) is 4.42. The normalized spacial score (nSPS) is 27.9. The highest BCUT2D eigenvalue weighted by molar-refractivity contribution is 5.21. The zero-order chi connectivity index (χ0) is 10.8. The van der Waals surface area contributed by atoms with Gasteiger partial charge in [0, 0.05) is 13.1 Å². The molecule has 0 saturated carbocycles. The summed E-state index contributed by atoms with van der Waals surface area (Å²) in [5.41, 5.74) is 1.23. The van der Waals surface area contributed by atoms with Gasteiger partial charge >= 0.3 is 0 Å².